The van der Waals surface area contributed by atoms with Crippen LogP contribution in [0.25, 0.3) is 32.5 Å². The van der Waals surface area contributed by atoms with E-state index < -0.39 is 17.3 Å². The Balaban J connectivity index is 1.60. The van der Waals surface area contributed by atoms with Crippen LogP contribution in [0.15, 0.2) is 53.4 Å². The number of thiazole rings is 1. The number of piperazine rings is 1. The van der Waals surface area contributed by atoms with Gasteiger partial charge in [0.25, 0.3) is 0 Å². The second-order valence-corrected chi connectivity index (χ2v) is 12.1. The van der Waals surface area contributed by atoms with Gasteiger partial charge in [-0.05, 0) is 61.2 Å². The highest BCUT2D eigenvalue weighted by Crippen LogP contribution is 2.37. The van der Waals surface area contributed by atoms with Gasteiger partial charge in [-0.1, -0.05) is 20.4 Å². The van der Waals surface area contributed by atoms with Crippen molar-refractivity contribution in [2.45, 2.75) is 46.2 Å². The summed E-state index contributed by atoms with van der Waals surface area (Å²) >= 11 is 1.19. The number of rotatable bonds is 6. The number of pyridine rings is 2. The Hall–Kier alpha value is -4.58. The summed E-state index contributed by atoms with van der Waals surface area (Å²) in [6.45, 7) is 12.7. The van der Waals surface area contributed by atoms with E-state index in [0.29, 0.717) is 35.2 Å². The van der Waals surface area contributed by atoms with Gasteiger partial charge in [-0.25, -0.2) is 23.5 Å². The molecule has 44 heavy (non-hydrogen) atoms. The van der Waals surface area contributed by atoms with E-state index in [4.69, 9.17) is 4.98 Å². The maximum atomic E-state index is 16.1. The van der Waals surface area contributed by atoms with Crippen LogP contribution in [0.5, 0.6) is 0 Å². The van der Waals surface area contributed by atoms with Crippen molar-refractivity contribution < 1.29 is 13.6 Å². The number of hydrogen-bond acceptors (Lipinski definition) is 8. The Labute approximate surface area is 256 Å². The molecule has 0 saturated carbocycles. The fourth-order valence-electron chi connectivity index (χ4n) is 5.89. The maximum absolute atomic E-state index is 16.1. The number of benzene rings is 1. The van der Waals surface area contributed by atoms with Gasteiger partial charge < -0.3 is 9.80 Å². The van der Waals surface area contributed by atoms with Gasteiger partial charge in [0, 0.05) is 37.6 Å². The highest BCUT2D eigenvalue weighted by molar-refractivity contribution is 7.17. The highest BCUT2D eigenvalue weighted by Gasteiger charge is 2.30. The number of aryl methyl sites for hydroxylation is 1. The van der Waals surface area contributed by atoms with E-state index in [9.17, 15) is 9.59 Å². The molecule has 1 aliphatic rings. The molecule has 0 spiro atoms. The Morgan fingerprint density at radius 1 is 1.16 bits per heavy atom. The van der Waals surface area contributed by atoms with Crippen molar-refractivity contribution >= 4 is 44.3 Å². The van der Waals surface area contributed by atoms with Gasteiger partial charge in [0.2, 0.25) is 5.91 Å². The molecule has 0 unspecified atom stereocenters. The number of carbonyl (C=O) groups is 1. The smallest absolute Gasteiger partial charge is 0.350 e. The van der Waals surface area contributed by atoms with Crippen LogP contribution in [0.4, 0.5) is 14.6 Å². The Morgan fingerprint density at radius 3 is 2.68 bits per heavy atom. The maximum Gasteiger partial charge on any atom is 0.351 e. The van der Waals surface area contributed by atoms with Crippen molar-refractivity contribution in [2.24, 2.45) is 0 Å². The van der Waals surface area contributed by atoms with Gasteiger partial charge in [-0.2, -0.15) is 4.98 Å². The van der Waals surface area contributed by atoms with Crippen molar-refractivity contribution in [1.29, 1.82) is 0 Å². The normalized spacial score (nSPS) is 15.5. The van der Waals surface area contributed by atoms with Crippen molar-refractivity contribution in [3.05, 3.63) is 87.6 Å². The van der Waals surface area contributed by atoms with E-state index in [2.05, 4.69) is 21.5 Å². The molecule has 1 aromatic carbocycles. The van der Waals surface area contributed by atoms with E-state index in [-0.39, 0.29) is 47.1 Å². The Bertz CT molecular complexity index is 2000. The molecular formula is C32H31F2N7O2S. The van der Waals surface area contributed by atoms with Crippen LogP contribution in [-0.4, -0.2) is 61.0 Å². The molecule has 0 bridgehead atoms. The molecular weight excluding hydrogens is 584 g/mol. The lowest BCUT2D eigenvalue weighted by atomic mass is 9.99. The fraction of sp³-hybridized carbons (Fsp3) is 0.312. The summed E-state index contributed by atoms with van der Waals surface area (Å²) in [5.41, 5.74) is 4.07. The second-order valence-electron chi connectivity index (χ2n) is 11.3. The Kier molecular flexibility index (Phi) is 7.70. The predicted molar refractivity (Wildman–Crippen MR) is 168 cm³/mol. The minimum absolute atomic E-state index is 0.00731. The standard InChI is InChI=1S/C32H31F2N7O2S/c1-6-25(42)39-11-12-40(19(5)14-39)31-20-13-23(34)28(26-22(33)7-8-24-29(26)44-16-36-24)37-30(20)41(32(43)38-31)15-21-18(4)9-10-35-27(21)17(2)3/h6-10,13,16-17,19H,1,11-12,14-15H2,2-5H3/t19-/m0/s1. The molecule has 1 saturated heterocycles. The number of hydrogen-bond donors (Lipinski definition) is 0. The van der Waals surface area contributed by atoms with E-state index in [1.165, 1.54) is 34.1 Å². The van der Waals surface area contributed by atoms with Gasteiger partial charge in [0.05, 0.1) is 33.2 Å². The zero-order valence-corrected chi connectivity index (χ0v) is 25.7. The lowest BCUT2D eigenvalue weighted by Gasteiger charge is -2.40. The topological polar surface area (TPSA) is 97.1 Å². The molecule has 1 aliphatic heterocycles. The summed E-state index contributed by atoms with van der Waals surface area (Å²) < 4.78 is 33.4. The van der Waals surface area contributed by atoms with Gasteiger partial charge in [0.1, 0.15) is 23.0 Å². The van der Waals surface area contributed by atoms with Crippen LogP contribution in [0, 0.1) is 18.6 Å². The van der Waals surface area contributed by atoms with Gasteiger partial charge in [-0.15, -0.1) is 11.3 Å². The number of fused-ring (bicyclic) bond motifs is 2. The summed E-state index contributed by atoms with van der Waals surface area (Å²) in [5, 5.41) is 0.311. The third-order valence-electron chi connectivity index (χ3n) is 8.14. The SMILES string of the molecule is C=CC(=O)N1CCN(c2nc(=O)n(Cc3c(C)ccnc3C(C)C)c3nc(-c4c(F)ccc5ncsc45)c(F)cc23)[C@@H](C)C1. The molecule has 5 aromatic rings. The third kappa shape index (κ3) is 5.02. The van der Waals surface area contributed by atoms with Crippen molar-refractivity contribution in [1.82, 2.24) is 29.4 Å². The average molecular weight is 616 g/mol. The van der Waals surface area contributed by atoms with Crippen LogP contribution in [0.3, 0.4) is 0 Å². The monoisotopic (exact) mass is 615 g/mol. The number of anilines is 1. The minimum atomic E-state index is -0.751. The van der Waals surface area contributed by atoms with Crippen LogP contribution in [-0.2, 0) is 11.3 Å². The van der Waals surface area contributed by atoms with Crippen molar-refractivity contribution in [3.63, 3.8) is 0 Å². The molecule has 226 valence electrons. The molecule has 0 aliphatic carbocycles. The zero-order valence-electron chi connectivity index (χ0n) is 24.8. The van der Waals surface area contributed by atoms with Gasteiger partial charge in [0.15, 0.2) is 5.82 Å². The molecule has 12 heteroatoms. The lowest BCUT2D eigenvalue weighted by Crippen LogP contribution is -2.54. The molecule has 1 atom stereocenters. The van der Waals surface area contributed by atoms with Crippen molar-refractivity contribution in [3.8, 4) is 11.3 Å². The molecule has 1 fully saturated rings. The lowest BCUT2D eigenvalue weighted by molar-refractivity contribution is -0.126. The van der Waals surface area contributed by atoms with Crippen LogP contribution in [0.2, 0.25) is 0 Å². The molecule has 5 heterocycles. The Morgan fingerprint density at radius 2 is 1.95 bits per heavy atom. The van der Waals surface area contributed by atoms with Crippen molar-refractivity contribution in [2.75, 3.05) is 24.5 Å². The molecule has 6 rings (SSSR count). The largest absolute Gasteiger partial charge is 0.351 e. The van der Waals surface area contributed by atoms with Crippen LogP contribution < -0.4 is 10.6 Å². The molecule has 4 aromatic heterocycles. The molecule has 0 N–H and O–H groups in total. The van der Waals surface area contributed by atoms with Crippen LogP contribution >= 0.6 is 11.3 Å². The number of carbonyl (C=O) groups excluding carboxylic acids is 1. The average Bonchev–Trinajstić information content (AvgIpc) is 3.47. The van der Waals surface area contributed by atoms with Gasteiger partial charge >= 0.3 is 5.69 Å². The first-order valence-electron chi connectivity index (χ1n) is 14.3. The summed E-state index contributed by atoms with van der Waals surface area (Å²) in [5.74, 6) is -1.24. The quantitative estimate of drug-likeness (QED) is 0.235. The molecule has 0 radical (unpaired) electrons. The summed E-state index contributed by atoms with van der Waals surface area (Å²) in [4.78, 5) is 47.7. The fourth-order valence-corrected chi connectivity index (χ4v) is 6.71. The van der Waals surface area contributed by atoms with Crippen LogP contribution in [0.1, 0.15) is 43.5 Å². The van der Waals surface area contributed by atoms with E-state index >= 15 is 8.78 Å². The number of halogens is 2. The van der Waals surface area contributed by atoms with Gasteiger partial charge in [-0.3, -0.25) is 14.3 Å². The van der Waals surface area contributed by atoms with E-state index in [0.717, 1.165) is 16.8 Å². The first-order chi connectivity index (χ1) is 21.1. The first kappa shape index (κ1) is 29.5. The van der Waals surface area contributed by atoms with E-state index in [1.54, 1.807) is 22.7 Å². The first-order valence-corrected chi connectivity index (χ1v) is 15.2. The zero-order chi connectivity index (χ0) is 31.3. The highest BCUT2D eigenvalue weighted by atomic mass is 32.1. The summed E-state index contributed by atoms with van der Waals surface area (Å²) in [7, 11) is 0. The number of amides is 1. The minimum Gasteiger partial charge on any atom is -0.350 e. The summed E-state index contributed by atoms with van der Waals surface area (Å²) in [6, 6.07) is 5.70. The molecule has 1 amide bonds. The molecule has 9 nitrogen and oxygen atoms in total. The second kappa shape index (κ2) is 11.5. The summed E-state index contributed by atoms with van der Waals surface area (Å²) in [6.07, 6.45) is 3.01. The third-order valence-corrected chi connectivity index (χ3v) is 9.00. The number of aromatic nitrogens is 5. The predicted octanol–water partition coefficient (Wildman–Crippen LogP) is 5.44. The number of nitrogens with zero attached hydrogens (tertiary/aromatic N) is 7. The van der Waals surface area contributed by atoms with E-state index in [1.807, 2.05) is 38.7 Å².